The smallest absolute Gasteiger partial charge is 0.274 e. The van der Waals surface area contributed by atoms with Crippen LogP contribution in [0.5, 0.6) is 0 Å². The Labute approximate surface area is 161 Å². The van der Waals surface area contributed by atoms with Crippen LogP contribution < -0.4 is 5.56 Å². The van der Waals surface area contributed by atoms with Crippen LogP contribution in [0.4, 0.5) is 0 Å². The molecule has 2 aromatic rings. The predicted molar refractivity (Wildman–Crippen MR) is 108 cm³/mol. The van der Waals surface area contributed by atoms with Crippen molar-refractivity contribution in [2.45, 2.75) is 27.7 Å². The normalized spacial score (nSPS) is 11.2. The average molecular weight is 370 g/mol. The molecular weight excluding hydrogens is 340 g/mol. The first-order valence-electron chi connectivity index (χ1n) is 9.63. The highest BCUT2D eigenvalue weighted by molar-refractivity contribution is 5.92. The zero-order valence-electron chi connectivity index (χ0n) is 16.8. The Kier molecular flexibility index (Phi) is 7.73. The summed E-state index contributed by atoms with van der Waals surface area (Å²) in [5, 5.41) is 4.34. The van der Waals surface area contributed by atoms with E-state index in [2.05, 4.69) is 37.7 Å². The molecule has 1 amide bonds. The number of aromatic nitrogens is 2. The van der Waals surface area contributed by atoms with E-state index in [0.717, 1.165) is 19.6 Å². The van der Waals surface area contributed by atoms with Crippen LogP contribution in [0, 0.1) is 5.92 Å². The first-order valence-corrected chi connectivity index (χ1v) is 9.63. The number of hydrogen-bond acceptors (Lipinski definition) is 4. The van der Waals surface area contributed by atoms with Crippen molar-refractivity contribution in [3.8, 4) is 5.69 Å². The van der Waals surface area contributed by atoms with Gasteiger partial charge in [0.1, 0.15) is 5.69 Å². The number of rotatable bonds is 9. The fourth-order valence-electron chi connectivity index (χ4n) is 2.96. The van der Waals surface area contributed by atoms with Gasteiger partial charge in [-0.25, -0.2) is 0 Å². The minimum absolute atomic E-state index is 0.138. The van der Waals surface area contributed by atoms with Crippen molar-refractivity contribution in [1.29, 1.82) is 0 Å². The molecule has 0 radical (unpaired) electrons. The minimum Gasteiger partial charge on any atom is -0.336 e. The number of carbonyl (C=O) groups is 1. The van der Waals surface area contributed by atoms with Crippen LogP contribution in [0.3, 0.4) is 0 Å². The van der Waals surface area contributed by atoms with Crippen LogP contribution in [0.15, 0.2) is 47.3 Å². The summed E-state index contributed by atoms with van der Waals surface area (Å²) in [6.07, 6.45) is 0. The number of para-hydroxylation sites is 1. The van der Waals surface area contributed by atoms with Crippen molar-refractivity contribution >= 4 is 5.91 Å². The van der Waals surface area contributed by atoms with Crippen LogP contribution in [-0.2, 0) is 0 Å². The van der Waals surface area contributed by atoms with Crippen LogP contribution in [0.1, 0.15) is 38.2 Å². The molecule has 0 aliphatic carbocycles. The zero-order valence-corrected chi connectivity index (χ0v) is 16.8. The first kappa shape index (κ1) is 20.8. The van der Waals surface area contributed by atoms with E-state index in [1.54, 1.807) is 12.1 Å². The molecular formula is C21H30N4O2. The fraction of sp³-hybridized carbons (Fsp3) is 0.476. The maximum Gasteiger partial charge on any atom is 0.274 e. The lowest BCUT2D eigenvalue weighted by Crippen LogP contribution is -2.41. The van der Waals surface area contributed by atoms with E-state index in [0.29, 0.717) is 30.4 Å². The van der Waals surface area contributed by atoms with Gasteiger partial charge in [0.15, 0.2) is 0 Å². The van der Waals surface area contributed by atoms with E-state index in [9.17, 15) is 9.59 Å². The highest BCUT2D eigenvalue weighted by Crippen LogP contribution is 2.08. The van der Waals surface area contributed by atoms with Crippen molar-refractivity contribution in [2.75, 3.05) is 32.7 Å². The molecule has 0 unspecified atom stereocenters. The summed E-state index contributed by atoms with van der Waals surface area (Å²) in [4.78, 5) is 29.4. The number of likely N-dealkylation sites (N-methyl/N-ethyl adjacent to an activating group) is 1. The summed E-state index contributed by atoms with van der Waals surface area (Å²) in [6.45, 7) is 12.5. The van der Waals surface area contributed by atoms with Gasteiger partial charge in [0.05, 0.1) is 5.69 Å². The Balaban J connectivity index is 2.27. The molecule has 0 aliphatic heterocycles. The van der Waals surface area contributed by atoms with Crippen LogP contribution in [0.25, 0.3) is 5.69 Å². The van der Waals surface area contributed by atoms with Gasteiger partial charge in [-0.1, -0.05) is 45.9 Å². The van der Waals surface area contributed by atoms with E-state index < -0.39 is 0 Å². The summed E-state index contributed by atoms with van der Waals surface area (Å²) in [5.41, 5.74) is 0.686. The minimum atomic E-state index is -0.253. The van der Waals surface area contributed by atoms with Gasteiger partial charge in [0, 0.05) is 25.7 Å². The van der Waals surface area contributed by atoms with Gasteiger partial charge in [0.25, 0.3) is 11.5 Å². The van der Waals surface area contributed by atoms with Crippen LogP contribution in [0.2, 0.25) is 0 Å². The van der Waals surface area contributed by atoms with E-state index >= 15 is 0 Å². The lowest BCUT2D eigenvalue weighted by molar-refractivity contribution is 0.0708. The van der Waals surface area contributed by atoms with Gasteiger partial charge >= 0.3 is 0 Å². The largest absolute Gasteiger partial charge is 0.336 e. The summed E-state index contributed by atoms with van der Waals surface area (Å²) in [7, 11) is 0. The summed E-state index contributed by atoms with van der Waals surface area (Å²) in [6, 6.07) is 12.1. The van der Waals surface area contributed by atoms with Crippen molar-refractivity contribution < 1.29 is 4.79 Å². The molecule has 0 saturated carbocycles. The SMILES string of the molecule is CCN(CC)CCN(CC(C)C)C(=O)c1ccc(=O)n(-c2ccccc2)n1. The third kappa shape index (κ3) is 5.76. The molecule has 2 rings (SSSR count). The third-order valence-corrected chi connectivity index (χ3v) is 4.47. The van der Waals surface area contributed by atoms with Gasteiger partial charge in [-0.15, -0.1) is 0 Å². The quantitative estimate of drug-likeness (QED) is 0.681. The van der Waals surface area contributed by atoms with Crippen molar-refractivity contribution in [1.82, 2.24) is 19.6 Å². The lowest BCUT2D eigenvalue weighted by atomic mass is 10.2. The number of amides is 1. The molecule has 0 fully saturated rings. The fourth-order valence-corrected chi connectivity index (χ4v) is 2.96. The first-order chi connectivity index (χ1) is 13.0. The van der Waals surface area contributed by atoms with E-state index in [-0.39, 0.29) is 11.5 Å². The number of benzene rings is 1. The number of carbonyl (C=O) groups excluding carboxylic acids is 1. The molecule has 0 N–H and O–H groups in total. The predicted octanol–water partition coefficient (Wildman–Crippen LogP) is 2.67. The Morgan fingerprint density at radius 1 is 1.04 bits per heavy atom. The Morgan fingerprint density at radius 3 is 2.30 bits per heavy atom. The highest BCUT2D eigenvalue weighted by Gasteiger charge is 2.20. The monoisotopic (exact) mass is 370 g/mol. The molecule has 1 heterocycles. The molecule has 0 saturated heterocycles. The van der Waals surface area contributed by atoms with Crippen LogP contribution >= 0.6 is 0 Å². The molecule has 6 nitrogen and oxygen atoms in total. The molecule has 6 heteroatoms. The van der Waals surface area contributed by atoms with E-state index in [4.69, 9.17) is 0 Å². The summed E-state index contributed by atoms with van der Waals surface area (Å²) in [5.74, 6) is 0.214. The van der Waals surface area contributed by atoms with Gasteiger partial charge in [-0.3, -0.25) is 9.59 Å². The molecule has 0 aliphatic rings. The third-order valence-electron chi connectivity index (χ3n) is 4.47. The highest BCUT2D eigenvalue weighted by atomic mass is 16.2. The topological polar surface area (TPSA) is 58.4 Å². The average Bonchev–Trinajstić information content (AvgIpc) is 2.68. The lowest BCUT2D eigenvalue weighted by Gasteiger charge is -2.27. The molecule has 1 aromatic carbocycles. The number of nitrogens with zero attached hydrogens (tertiary/aromatic N) is 4. The molecule has 0 bridgehead atoms. The summed E-state index contributed by atoms with van der Waals surface area (Å²) < 4.78 is 1.28. The second kappa shape index (κ2) is 10.0. The van der Waals surface area contributed by atoms with Gasteiger partial charge < -0.3 is 9.80 Å². The Morgan fingerprint density at radius 2 is 1.70 bits per heavy atom. The summed E-state index contributed by atoms with van der Waals surface area (Å²) >= 11 is 0. The van der Waals surface area contributed by atoms with Gasteiger partial charge in [0.2, 0.25) is 0 Å². The van der Waals surface area contributed by atoms with Crippen molar-refractivity contribution in [3.05, 3.63) is 58.5 Å². The molecule has 1 aromatic heterocycles. The van der Waals surface area contributed by atoms with E-state index in [1.165, 1.54) is 16.8 Å². The van der Waals surface area contributed by atoms with Gasteiger partial charge in [-0.2, -0.15) is 9.78 Å². The Bertz CT molecular complexity index is 782. The van der Waals surface area contributed by atoms with Crippen molar-refractivity contribution in [3.63, 3.8) is 0 Å². The maximum atomic E-state index is 13.1. The molecule has 27 heavy (non-hydrogen) atoms. The number of hydrogen-bond donors (Lipinski definition) is 0. The second-order valence-corrected chi connectivity index (χ2v) is 6.98. The molecule has 146 valence electrons. The Hall–Kier alpha value is -2.47. The van der Waals surface area contributed by atoms with Gasteiger partial charge in [-0.05, 0) is 37.2 Å². The van der Waals surface area contributed by atoms with Crippen LogP contribution in [-0.4, -0.2) is 58.2 Å². The second-order valence-electron chi connectivity index (χ2n) is 6.98. The standard InChI is InChI=1S/C21H30N4O2/c1-5-23(6-2)14-15-24(16-17(3)4)21(27)19-12-13-20(26)25(22-19)18-10-8-7-9-11-18/h7-13,17H,5-6,14-16H2,1-4H3. The zero-order chi connectivity index (χ0) is 19.8. The molecule has 0 atom stereocenters. The maximum absolute atomic E-state index is 13.1. The van der Waals surface area contributed by atoms with E-state index in [1.807, 2.05) is 23.1 Å². The van der Waals surface area contributed by atoms with Crippen molar-refractivity contribution in [2.24, 2.45) is 5.92 Å². The molecule has 0 spiro atoms.